The Morgan fingerprint density at radius 2 is 1.62 bits per heavy atom. The molecule has 2 heterocycles. The van der Waals surface area contributed by atoms with Gasteiger partial charge < -0.3 is 4.57 Å². The first-order chi connectivity index (χ1) is 10.3. The number of fused-ring (bicyclic) bond motifs is 3. The van der Waals surface area contributed by atoms with Crippen LogP contribution in [0.25, 0.3) is 31.7 Å². The Hall–Kier alpha value is -2.46. The number of nitrogens with zero attached hydrogens (tertiary/aromatic N) is 2. The van der Waals surface area contributed by atoms with Crippen molar-refractivity contribution in [2.24, 2.45) is 7.05 Å². The van der Waals surface area contributed by atoms with Gasteiger partial charge in [0.2, 0.25) is 0 Å². The third-order valence-corrected chi connectivity index (χ3v) is 4.83. The predicted molar refractivity (Wildman–Crippen MR) is 87.8 cm³/mol. The summed E-state index contributed by atoms with van der Waals surface area (Å²) in [6.45, 7) is 0. The molecule has 0 aliphatic carbocycles. The normalized spacial score (nSPS) is 11.3. The molecule has 0 fully saturated rings. The minimum atomic E-state index is 0.0290. The highest BCUT2D eigenvalue weighted by atomic mass is 32.1. The van der Waals surface area contributed by atoms with Crippen LogP contribution in [0.15, 0.2) is 59.4 Å². The van der Waals surface area contributed by atoms with E-state index in [1.165, 1.54) is 0 Å². The van der Waals surface area contributed by atoms with Crippen LogP contribution in [-0.2, 0) is 7.05 Å². The van der Waals surface area contributed by atoms with Gasteiger partial charge in [-0.15, -0.1) is 0 Å². The Labute approximate surface area is 125 Å². The molecule has 0 saturated carbocycles. The zero-order valence-corrected chi connectivity index (χ0v) is 12.2. The van der Waals surface area contributed by atoms with E-state index >= 15 is 0 Å². The zero-order valence-electron chi connectivity index (χ0n) is 11.4. The zero-order chi connectivity index (χ0) is 14.4. The van der Waals surface area contributed by atoms with E-state index in [1.807, 2.05) is 61.6 Å². The molecule has 2 aromatic heterocycles. The molecule has 3 nitrogen and oxygen atoms in total. The quantitative estimate of drug-likeness (QED) is 0.534. The Morgan fingerprint density at radius 1 is 0.952 bits per heavy atom. The summed E-state index contributed by atoms with van der Waals surface area (Å²) in [5.74, 6) is 0. The van der Waals surface area contributed by atoms with Crippen LogP contribution < -0.4 is 5.56 Å². The van der Waals surface area contributed by atoms with Gasteiger partial charge >= 0.3 is 0 Å². The number of aromatic nitrogens is 2. The summed E-state index contributed by atoms with van der Waals surface area (Å²) in [4.78, 5) is 18.1. The molecule has 0 saturated heterocycles. The molecule has 0 aliphatic rings. The first kappa shape index (κ1) is 12.3. The Morgan fingerprint density at radius 3 is 2.38 bits per heavy atom. The molecule has 0 N–H and O–H groups in total. The Balaban J connectivity index is 2.15. The lowest BCUT2D eigenvalue weighted by atomic mass is 10.1. The largest absolute Gasteiger partial charge is 0.301 e. The minimum absolute atomic E-state index is 0.0290. The monoisotopic (exact) mass is 292 g/mol. The van der Waals surface area contributed by atoms with E-state index in [0.717, 1.165) is 31.7 Å². The highest BCUT2D eigenvalue weighted by molar-refractivity contribution is 7.21. The van der Waals surface area contributed by atoms with E-state index < -0.39 is 0 Å². The molecule has 4 rings (SSSR count). The van der Waals surface area contributed by atoms with Crippen molar-refractivity contribution in [1.82, 2.24) is 9.55 Å². The first-order valence-corrected chi connectivity index (χ1v) is 7.51. The van der Waals surface area contributed by atoms with Gasteiger partial charge in [0.1, 0.15) is 15.4 Å². The number of thiazole rings is 1. The maximum atomic E-state index is 12.4. The van der Waals surface area contributed by atoms with Crippen molar-refractivity contribution >= 4 is 32.5 Å². The fourth-order valence-corrected chi connectivity index (χ4v) is 3.61. The standard InChI is InChI=1S/C17H12N2OS/c1-19-16(20)13-10-6-5-9-12(13)14-17(19)21-15(18-14)11-7-3-2-4-8-11/h2-10H,1H3. The number of benzene rings is 2. The summed E-state index contributed by atoms with van der Waals surface area (Å²) >= 11 is 1.56. The predicted octanol–water partition coefficient (Wildman–Crippen LogP) is 3.82. The average molecular weight is 292 g/mol. The molecule has 0 amide bonds. The van der Waals surface area contributed by atoms with Crippen LogP contribution in [0.5, 0.6) is 0 Å². The van der Waals surface area contributed by atoms with E-state index in [-0.39, 0.29) is 5.56 Å². The maximum absolute atomic E-state index is 12.4. The van der Waals surface area contributed by atoms with E-state index in [2.05, 4.69) is 0 Å². The van der Waals surface area contributed by atoms with E-state index in [4.69, 9.17) is 4.98 Å². The van der Waals surface area contributed by atoms with Crippen molar-refractivity contribution in [3.05, 3.63) is 65.0 Å². The highest BCUT2D eigenvalue weighted by Crippen LogP contribution is 2.32. The summed E-state index contributed by atoms with van der Waals surface area (Å²) < 4.78 is 1.70. The molecular weight excluding hydrogens is 280 g/mol. The molecule has 0 spiro atoms. The summed E-state index contributed by atoms with van der Waals surface area (Å²) in [5, 5.41) is 2.59. The molecule has 0 bridgehead atoms. The van der Waals surface area contributed by atoms with Crippen molar-refractivity contribution in [3.8, 4) is 10.6 Å². The Kier molecular flexibility index (Phi) is 2.65. The van der Waals surface area contributed by atoms with E-state index in [9.17, 15) is 4.79 Å². The topological polar surface area (TPSA) is 34.9 Å². The lowest BCUT2D eigenvalue weighted by molar-refractivity contribution is 0.926. The second kappa shape index (κ2) is 4.53. The van der Waals surface area contributed by atoms with Gasteiger partial charge in [-0.05, 0) is 6.07 Å². The average Bonchev–Trinajstić information content (AvgIpc) is 2.99. The summed E-state index contributed by atoms with van der Waals surface area (Å²) in [7, 11) is 1.81. The van der Waals surface area contributed by atoms with Crippen LogP contribution in [0.2, 0.25) is 0 Å². The lowest BCUT2D eigenvalue weighted by Crippen LogP contribution is -2.16. The van der Waals surface area contributed by atoms with Crippen molar-refractivity contribution in [2.45, 2.75) is 0 Å². The number of rotatable bonds is 1. The SMILES string of the molecule is Cn1c(=O)c2ccccc2c2nc(-c3ccccc3)sc21. The van der Waals surface area contributed by atoms with Crippen LogP contribution in [0.3, 0.4) is 0 Å². The first-order valence-electron chi connectivity index (χ1n) is 6.69. The highest BCUT2D eigenvalue weighted by Gasteiger charge is 2.13. The maximum Gasteiger partial charge on any atom is 0.259 e. The van der Waals surface area contributed by atoms with Crippen LogP contribution in [0, 0.1) is 0 Å². The number of pyridine rings is 1. The molecule has 2 aromatic carbocycles. The lowest BCUT2D eigenvalue weighted by Gasteiger charge is -2.02. The number of hydrogen-bond donors (Lipinski definition) is 0. The smallest absolute Gasteiger partial charge is 0.259 e. The van der Waals surface area contributed by atoms with Gasteiger partial charge in [0.15, 0.2) is 0 Å². The third-order valence-electron chi connectivity index (χ3n) is 3.65. The van der Waals surface area contributed by atoms with Crippen LogP contribution in [-0.4, -0.2) is 9.55 Å². The fraction of sp³-hybridized carbons (Fsp3) is 0.0588. The van der Waals surface area contributed by atoms with Gasteiger partial charge in [-0.1, -0.05) is 59.9 Å². The summed E-state index contributed by atoms with van der Waals surface area (Å²) in [6, 6.07) is 17.7. The Bertz CT molecular complexity index is 1020. The molecule has 4 heteroatoms. The molecular formula is C17H12N2OS. The fourth-order valence-electron chi connectivity index (χ4n) is 2.57. The van der Waals surface area contributed by atoms with Crippen LogP contribution in [0.1, 0.15) is 0 Å². The van der Waals surface area contributed by atoms with Crippen LogP contribution >= 0.6 is 11.3 Å². The van der Waals surface area contributed by atoms with Gasteiger partial charge in [-0.2, -0.15) is 0 Å². The molecule has 21 heavy (non-hydrogen) atoms. The molecule has 4 aromatic rings. The second-order valence-electron chi connectivity index (χ2n) is 4.95. The number of hydrogen-bond acceptors (Lipinski definition) is 3. The van der Waals surface area contributed by atoms with Crippen molar-refractivity contribution in [2.75, 3.05) is 0 Å². The second-order valence-corrected chi connectivity index (χ2v) is 5.93. The van der Waals surface area contributed by atoms with Crippen molar-refractivity contribution < 1.29 is 0 Å². The van der Waals surface area contributed by atoms with Gasteiger partial charge in [0.05, 0.1) is 0 Å². The van der Waals surface area contributed by atoms with E-state index in [0.29, 0.717) is 0 Å². The summed E-state index contributed by atoms with van der Waals surface area (Å²) in [6.07, 6.45) is 0. The number of aryl methyl sites for hydroxylation is 1. The molecule has 0 radical (unpaired) electrons. The minimum Gasteiger partial charge on any atom is -0.301 e. The van der Waals surface area contributed by atoms with Crippen molar-refractivity contribution in [3.63, 3.8) is 0 Å². The third kappa shape index (κ3) is 1.80. The van der Waals surface area contributed by atoms with Crippen LogP contribution in [0.4, 0.5) is 0 Å². The van der Waals surface area contributed by atoms with Crippen molar-refractivity contribution in [1.29, 1.82) is 0 Å². The van der Waals surface area contributed by atoms with E-state index in [1.54, 1.807) is 15.9 Å². The van der Waals surface area contributed by atoms with Gasteiger partial charge in [-0.25, -0.2) is 4.98 Å². The molecule has 102 valence electrons. The van der Waals surface area contributed by atoms with Gasteiger partial charge in [0.25, 0.3) is 5.56 Å². The van der Waals surface area contributed by atoms with Gasteiger partial charge in [0, 0.05) is 23.4 Å². The molecule has 0 atom stereocenters. The van der Waals surface area contributed by atoms with Gasteiger partial charge in [-0.3, -0.25) is 4.79 Å². The molecule has 0 aliphatic heterocycles. The summed E-state index contributed by atoms with van der Waals surface area (Å²) in [5.41, 5.74) is 2.01. The molecule has 0 unspecified atom stereocenters.